The zero-order valence-electron chi connectivity index (χ0n) is 9.90. The van der Waals surface area contributed by atoms with Crippen LogP contribution in [-0.2, 0) is 0 Å². The van der Waals surface area contributed by atoms with Gasteiger partial charge in [0.25, 0.3) is 0 Å². The molecule has 0 aliphatic rings. The zero-order chi connectivity index (χ0) is 12.1. The Morgan fingerprint density at radius 2 is 2.06 bits per heavy atom. The monoisotopic (exact) mass is 225 g/mol. The maximum Gasteiger partial charge on any atom is 0.124 e. The maximum absolute atomic E-state index is 9.80. The van der Waals surface area contributed by atoms with E-state index in [9.17, 15) is 5.11 Å². The van der Waals surface area contributed by atoms with Crippen molar-refractivity contribution >= 4 is 0 Å². The van der Waals surface area contributed by atoms with E-state index in [4.69, 9.17) is 9.84 Å². The summed E-state index contributed by atoms with van der Waals surface area (Å²) < 4.78 is 5.01. The van der Waals surface area contributed by atoms with Gasteiger partial charge in [-0.15, -0.1) is 0 Å². The summed E-state index contributed by atoms with van der Waals surface area (Å²) in [5.74, 6) is 0.827. The second-order valence-corrected chi connectivity index (χ2v) is 3.90. The zero-order valence-corrected chi connectivity index (χ0v) is 9.90. The van der Waals surface area contributed by atoms with Gasteiger partial charge < -0.3 is 20.3 Å². The minimum Gasteiger partial charge on any atom is -0.507 e. The summed E-state index contributed by atoms with van der Waals surface area (Å²) in [6.07, 6.45) is 0. The SMILES string of the molecule is COc1ccc(C(C)NC(C)CO)c(O)c1. The number of ether oxygens (including phenoxy) is 1. The van der Waals surface area contributed by atoms with Crippen LogP contribution in [0.3, 0.4) is 0 Å². The number of hydrogen-bond acceptors (Lipinski definition) is 4. The third-order valence-electron chi connectivity index (χ3n) is 2.51. The highest BCUT2D eigenvalue weighted by Gasteiger charge is 2.12. The molecule has 0 radical (unpaired) electrons. The van der Waals surface area contributed by atoms with E-state index in [-0.39, 0.29) is 24.4 Å². The Morgan fingerprint density at radius 1 is 1.38 bits per heavy atom. The minimum absolute atomic E-state index is 0.00324. The number of aromatic hydroxyl groups is 1. The van der Waals surface area contributed by atoms with Crippen LogP contribution in [0.4, 0.5) is 0 Å². The lowest BCUT2D eigenvalue weighted by Gasteiger charge is -2.19. The van der Waals surface area contributed by atoms with Crippen LogP contribution in [0.2, 0.25) is 0 Å². The molecule has 1 aromatic rings. The van der Waals surface area contributed by atoms with Crippen LogP contribution in [0.15, 0.2) is 18.2 Å². The Bertz CT molecular complexity index is 341. The summed E-state index contributed by atoms with van der Waals surface area (Å²) in [6, 6.07) is 5.17. The van der Waals surface area contributed by atoms with Crippen LogP contribution >= 0.6 is 0 Å². The van der Waals surface area contributed by atoms with Crippen LogP contribution < -0.4 is 10.1 Å². The van der Waals surface area contributed by atoms with E-state index in [0.717, 1.165) is 5.56 Å². The van der Waals surface area contributed by atoms with Gasteiger partial charge in [-0.3, -0.25) is 0 Å². The molecule has 0 aliphatic heterocycles. The summed E-state index contributed by atoms with van der Waals surface area (Å²) in [7, 11) is 1.56. The Labute approximate surface area is 95.9 Å². The van der Waals surface area contributed by atoms with Crippen LogP contribution in [0.1, 0.15) is 25.5 Å². The van der Waals surface area contributed by atoms with Gasteiger partial charge in [0.05, 0.1) is 13.7 Å². The van der Waals surface area contributed by atoms with E-state index < -0.39 is 0 Å². The van der Waals surface area contributed by atoms with Crippen LogP contribution in [0.5, 0.6) is 11.5 Å². The lowest BCUT2D eigenvalue weighted by molar-refractivity contribution is 0.242. The summed E-state index contributed by atoms with van der Waals surface area (Å²) in [4.78, 5) is 0. The molecule has 0 heterocycles. The molecule has 3 N–H and O–H groups in total. The molecule has 0 amide bonds. The third kappa shape index (κ3) is 3.12. The average molecular weight is 225 g/mol. The number of phenols is 1. The average Bonchev–Trinajstić information content (AvgIpc) is 2.28. The Hall–Kier alpha value is -1.26. The minimum atomic E-state index is -0.0203. The first kappa shape index (κ1) is 12.8. The summed E-state index contributed by atoms with van der Waals surface area (Å²) in [5, 5.41) is 21.9. The second-order valence-electron chi connectivity index (χ2n) is 3.90. The molecule has 0 saturated heterocycles. The fourth-order valence-electron chi connectivity index (χ4n) is 1.59. The predicted octanol–water partition coefficient (Wildman–Crippen LogP) is 1.43. The lowest BCUT2D eigenvalue weighted by Crippen LogP contribution is -2.31. The molecule has 0 aromatic heterocycles. The van der Waals surface area contributed by atoms with Crippen molar-refractivity contribution in [1.29, 1.82) is 0 Å². The van der Waals surface area contributed by atoms with Gasteiger partial charge in [0.2, 0.25) is 0 Å². The van der Waals surface area contributed by atoms with E-state index >= 15 is 0 Å². The summed E-state index contributed by atoms with van der Waals surface area (Å²) in [5.41, 5.74) is 0.793. The van der Waals surface area contributed by atoms with Crippen molar-refractivity contribution < 1.29 is 14.9 Å². The number of benzene rings is 1. The van der Waals surface area contributed by atoms with Crippen molar-refractivity contribution in [3.8, 4) is 11.5 Å². The van der Waals surface area contributed by atoms with E-state index in [1.165, 1.54) is 0 Å². The van der Waals surface area contributed by atoms with Gasteiger partial charge in [0.15, 0.2) is 0 Å². The first-order chi connectivity index (χ1) is 7.58. The molecule has 1 rings (SSSR count). The maximum atomic E-state index is 9.80. The molecule has 2 unspecified atom stereocenters. The molecule has 16 heavy (non-hydrogen) atoms. The standard InChI is InChI=1S/C12H19NO3/c1-8(7-14)13-9(2)11-5-4-10(16-3)6-12(11)15/h4-6,8-9,13-15H,7H2,1-3H3. The van der Waals surface area contributed by atoms with E-state index in [2.05, 4.69) is 5.32 Å². The highest BCUT2D eigenvalue weighted by Crippen LogP contribution is 2.28. The van der Waals surface area contributed by atoms with Gasteiger partial charge in [-0.05, 0) is 19.9 Å². The van der Waals surface area contributed by atoms with Crippen molar-refractivity contribution in [3.05, 3.63) is 23.8 Å². The number of rotatable bonds is 5. The van der Waals surface area contributed by atoms with E-state index in [1.807, 2.05) is 19.9 Å². The number of hydrogen-bond donors (Lipinski definition) is 3. The van der Waals surface area contributed by atoms with Crippen molar-refractivity contribution in [2.24, 2.45) is 0 Å². The van der Waals surface area contributed by atoms with Gasteiger partial charge in [-0.2, -0.15) is 0 Å². The third-order valence-corrected chi connectivity index (χ3v) is 2.51. The van der Waals surface area contributed by atoms with E-state index in [0.29, 0.717) is 5.75 Å². The van der Waals surface area contributed by atoms with Crippen molar-refractivity contribution in [2.75, 3.05) is 13.7 Å². The molecule has 4 nitrogen and oxygen atoms in total. The molecule has 0 bridgehead atoms. The molecule has 0 saturated carbocycles. The van der Waals surface area contributed by atoms with E-state index in [1.54, 1.807) is 19.2 Å². The summed E-state index contributed by atoms with van der Waals surface area (Å²) >= 11 is 0. The smallest absolute Gasteiger partial charge is 0.124 e. The Balaban J connectivity index is 2.79. The highest BCUT2D eigenvalue weighted by atomic mass is 16.5. The van der Waals surface area contributed by atoms with Gasteiger partial charge in [-0.25, -0.2) is 0 Å². The Morgan fingerprint density at radius 3 is 2.56 bits per heavy atom. The topological polar surface area (TPSA) is 61.7 Å². The quantitative estimate of drug-likeness (QED) is 0.709. The molecule has 0 aliphatic carbocycles. The summed E-state index contributed by atoms with van der Waals surface area (Å²) in [6.45, 7) is 3.89. The molecular formula is C12H19NO3. The number of aliphatic hydroxyl groups is 1. The first-order valence-electron chi connectivity index (χ1n) is 5.32. The largest absolute Gasteiger partial charge is 0.507 e. The fraction of sp³-hybridized carbons (Fsp3) is 0.500. The molecule has 4 heteroatoms. The first-order valence-corrected chi connectivity index (χ1v) is 5.32. The van der Waals surface area contributed by atoms with Crippen molar-refractivity contribution in [2.45, 2.75) is 25.9 Å². The van der Waals surface area contributed by atoms with Gasteiger partial charge in [-0.1, -0.05) is 6.07 Å². The predicted molar refractivity (Wildman–Crippen MR) is 62.8 cm³/mol. The molecule has 1 aromatic carbocycles. The van der Waals surface area contributed by atoms with Crippen molar-refractivity contribution in [3.63, 3.8) is 0 Å². The normalized spacial score (nSPS) is 14.5. The molecular weight excluding hydrogens is 206 g/mol. The van der Waals surface area contributed by atoms with Crippen LogP contribution in [0, 0.1) is 0 Å². The number of aliphatic hydroxyl groups excluding tert-OH is 1. The number of phenolic OH excluding ortho intramolecular Hbond substituents is 1. The van der Waals surface area contributed by atoms with Crippen LogP contribution in [0.25, 0.3) is 0 Å². The fourth-order valence-corrected chi connectivity index (χ4v) is 1.59. The number of methoxy groups -OCH3 is 1. The highest BCUT2D eigenvalue weighted by molar-refractivity contribution is 5.41. The Kier molecular flexibility index (Phi) is 4.58. The van der Waals surface area contributed by atoms with Gasteiger partial charge in [0, 0.05) is 23.7 Å². The van der Waals surface area contributed by atoms with Gasteiger partial charge >= 0.3 is 0 Å². The van der Waals surface area contributed by atoms with Crippen LogP contribution in [-0.4, -0.2) is 30.0 Å². The van der Waals surface area contributed by atoms with Gasteiger partial charge in [0.1, 0.15) is 11.5 Å². The molecule has 0 fully saturated rings. The molecule has 0 spiro atoms. The second kappa shape index (κ2) is 5.72. The number of nitrogens with one attached hydrogen (secondary N) is 1. The molecule has 90 valence electrons. The lowest BCUT2D eigenvalue weighted by atomic mass is 10.1. The molecule has 2 atom stereocenters. The van der Waals surface area contributed by atoms with Crippen molar-refractivity contribution in [1.82, 2.24) is 5.32 Å².